The second kappa shape index (κ2) is 6.02. The van der Waals surface area contributed by atoms with E-state index in [1.165, 1.54) is 6.08 Å². The molecular formula is C14H19FN2O2. The third-order valence-corrected chi connectivity index (χ3v) is 3.33. The molecule has 0 spiro atoms. The summed E-state index contributed by atoms with van der Waals surface area (Å²) in [5.41, 5.74) is 6.24. The summed E-state index contributed by atoms with van der Waals surface area (Å²) in [5, 5.41) is 2.97. The second-order valence-electron chi connectivity index (χ2n) is 4.77. The average Bonchev–Trinajstić information content (AvgIpc) is 2.77. The molecule has 2 unspecified atom stereocenters. The van der Waals surface area contributed by atoms with Crippen LogP contribution in [-0.4, -0.2) is 30.8 Å². The molecule has 4 nitrogen and oxygen atoms in total. The first kappa shape index (κ1) is 13.8. The number of ether oxygens (including phenoxy) is 1. The molecule has 0 aromatic rings. The molecule has 0 bridgehead atoms. The third kappa shape index (κ3) is 3.44. The predicted octanol–water partition coefficient (Wildman–Crippen LogP) is 1.35. The van der Waals surface area contributed by atoms with E-state index in [-0.39, 0.29) is 12.1 Å². The van der Waals surface area contributed by atoms with Gasteiger partial charge in [-0.05, 0) is 24.1 Å². The minimum atomic E-state index is -1.24. The van der Waals surface area contributed by atoms with E-state index in [2.05, 4.69) is 5.32 Å². The lowest BCUT2D eigenvalue weighted by Crippen LogP contribution is -2.36. The zero-order valence-electron chi connectivity index (χ0n) is 10.9. The van der Waals surface area contributed by atoms with Crippen molar-refractivity contribution < 1.29 is 13.9 Å². The van der Waals surface area contributed by atoms with Gasteiger partial charge in [-0.3, -0.25) is 4.79 Å². The van der Waals surface area contributed by atoms with Gasteiger partial charge in [0.1, 0.15) is 11.9 Å². The van der Waals surface area contributed by atoms with E-state index in [0.717, 1.165) is 12.0 Å². The van der Waals surface area contributed by atoms with Crippen LogP contribution in [0.15, 0.2) is 35.6 Å². The Labute approximate surface area is 112 Å². The standard InChI is InChI=1S/C14H19FN2O2/c1-2-9-4-3-5-11(15)13(6-9)19-10-7-12(14(16)18)17-8-10/h3-6,10-12,17H,2,7-8H2,1H3,(H2,16,18)/t10?,11?,12-/m0/s1. The number of primary amides is 1. The summed E-state index contributed by atoms with van der Waals surface area (Å²) < 4.78 is 19.6. The summed E-state index contributed by atoms with van der Waals surface area (Å²) in [6, 6.07) is -0.383. The van der Waals surface area contributed by atoms with Crippen LogP contribution in [0.4, 0.5) is 4.39 Å². The minimum Gasteiger partial charge on any atom is -0.490 e. The Bertz CT molecular complexity index is 443. The monoisotopic (exact) mass is 266 g/mol. The maximum absolute atomic E-state index is 13.9. The van der Waals surface area contributed by atoms with Crippen LogP contribution in [-0.2, 0) is 9.53 Å². The van der Waals surface area contributed by atoms with E-state index in [9.17, 15) is 9.18 Å². The maximum atomic E-state index is 13.9. The molecule has 2 rings (SSSR count). The van der Waals surface area contributed by atoms with Crippen molar-refractivity contribution in [2.45, 2.75) is 38.1 Å². The number of rotatable bonds is 4. The van der Waals surface area contributed by atoms with Gasteiger partial charge < -0.3 is 15.8 Å². The molecule has 2 aliphatic rings. The van der Waals surface area contributed by atoms with Crippen molar-refractivity contribution in [3.8, 4) is 0 Å². The molecule has 1 amide bonds. The lowest BCUT2D eigenvalue weighted by molar-refractivity contribution is -0.119. The fraction of sp³-hybridized carbons (Fsp3) is 0.500. The van der Waals surface area contributed by atoms with Crippen LogP contribution in [0.3, 0.4) is 0 Å². The summed E-state index contributed by atoms with van der Waals surface area (Å²) >= 11 is 0. The van der Waals surface area contributed by atoms with Crippen molar-refractivity contribution >= 4 is 5.91 Å². The second-order valence-corrected chi connectivity index (χ2v) is 4.77. The van der Waals surface area contributed by atoms with Gasteiger partial charge in [0.05, 0.1) is 6.04 Å². The lowest BCUT2D eigenvalue weighted by atomic mass is 10.1. The van der Waals surface area contributed by atoms with Crippen LogP contribution in [0.2, 0.25) is 0 Å². The molecule has 1 aliphatic heterocycles. The van der Waals surface area contributed by atoms with Crippen LogP contribution < -0.4 is 11.1 Å². The maximum Gasteiger partial charge on any atom is 0.234 e. The van der Waals surface area contributed by atoms with Gasteiger partial charge in [0.2, 0.25) is 5.91 Å². The van der Waals surface area contributed by atoms with E-state index in [0.29, 0.717) is 18.7 Å². The van der Waals surface area contributed by atoms with Gasteiger partial charge in [-0.2, -0.15) is 0 Å². The molecule has 1 heterocycles. The van der Waals surface area contributed by atoms with Gasteiger partial charge in [-0.15, -0.1) is 0 Å². The molecule has 104 valence electrons. The summed E-state index contributed by atoms with van der Waals surface area (Å²) in [5.74, 6) is -0.0921. The topological polar surface area (TPSA) is 64.3 Å². The first-order valence-corrected chi connectivity index (χ1v) is 6.52. The largest absolute Gasteiger partial charge is 0.490 e. The molecule has 3 atom stereocenters. The molecule has 0 aromatic carbocycles. The number of nitrogens with one attached hydrogen (secondary N) is 1. The summed E-state index contributed by atoms with van der Waals surface area (Å²) in [6.45, 7) is 2.51. The molecule has 19 heavy (non-hydrogen) atoms. The van der Waals surface area contributed by atoms with Gasteiger partial charge in [0.25, 0.3) is 0 Å². The number of alkyl halides is 1. The molecule has 3 N–H and O–H groups in total. The van der Waals surface area contributed by atoms with Gasteiger partial charge in [-0.25, -0.2) is 4.39 Å². The molecule has 1 saturated heterocycles. The van der Waals surface area contributed by atoms with E-state index in [4.69, 9.17) is 10.5 Å². The van der Waals surface area contributed by atoms with Crippen LogP contribution >= 0.6 is 0 Å². The first-order chi connectivity index (χ1) is 9.10. The quantitative estimate of drug-likeness (QED) is 0.807. The Hall–Kier alpha value is -1.62. The Morgan fingerprint density at radius 1 is 1.63 bits per heavy atom. The fourth-order valence-electron chi connectivity index (χ4n) is 2.20. The van der Waals surface area contributed by atoms with Gasteiger partial charge >= 0.3 is 0 Å². The van der Waals surface area contributed by atoms with Gasteiger partial charge in [0, 0.05) is 13.0 Å². The molecule has 0 aromatic heterocycles. The summed E-state index contributed by atoms with van der Waals surface area (Å²) in [6.07, 6.45) is 6.62. The van der Waals surface area contributed by atoms with Crippen LogP contribution in [0, 0.1) is 0 Å². The number of carbonyl (C=O) groups excluding carboxylic acids is 1. The zero-order valence-corrected chi connectivity index (χ0v) is 10.9. The predicted molar refractivity (Wildman–Crippen MR) is 71.0 cm³/mol. The first-order valence-electron chi connectivity index (χ1n) is 6.52. The van der Waals surface area contributed by atoms with Gasteiger partial charge in [-0.1, -0.05) is 19.1 Å². The molecule has 0 saturated carbocycles. The van der Waals surface area contributed by atoms with Crippen molar-refractivity contribution in [2.75, 3.05) is 6.54 Å². The van der Waals surface area contributed by atoms with Crippen LogP contribution in [0.5, 0.6) is 0 Å². The highest BCUT2D eigenvalue weighted by Gasteiger charge is 2.30. The number of hydrogen-bond acceptors (Lipinski definition) is 3. The van der Waals surface area contributed by atoms with E-state index >= 15 is 0 Å². The van der Waals surface area contributed by atoms with E-state index in [1.54, 1.807) is 12.2 Å². The normalized spacial score (nSPS) is 30.5. The zero-order chi connectivity index (χ0) is 13.8. The van der Waals surface area contributed by atoms with Gasteiger partial charge in [0.15, 0.2) is 6.17 Å². The van der Waals surface area contributed by atoms with Crippen LogP contribution in [0.1, 0.15) is 19.8 Å². The highest BCUT2D eigenvalue weighted by atomic mass is 19.1. The highest BCUT2D eigenvalue weighted by molar-refractivity contribution is 5.80. The number of allylic oxidation sites excluding steroid dienone is 5. The van der Waals surface area contributed by atoms with E-state index < -0.39 is 12.1 Å². The SMILES string of the molecule is CCC1=CC=CC(F)C(OC2CN[C@H](C(N)=O)C2)=C1. The average molecular weight is 266 g/mol. The molecule has 1 fully saturated rings. The van der Waals surface area contributed by atoms with Crippen LogP contribution in [0.25, 0.3) is 0 Å². The summed E-state index contributed by atoms with van der Waals surface area (Å²) in [4.78, 5) is 11.1. The lowest BCUT2D eigenvalue weighted by Gasteiger charge is -2.17. The number of halogens is 1. The van der Waals surface area contributed by atoms with Crippen molar-refractivity contribution in [3.63, 3.8) is 0 Å². The minimum absolute atomic E-state index is 0.216. The molecular weight excluding hydrogens is 247 g/mol. The number of amides is 1. The molecule has 1 aliphatic carbocycles. The smallest absolute Gasteiger partial charge is 0.234 e. The third-order valence-electron chi connectivity index (χ3n) is 3.33. The Morgan fingerprint density at radius 2 is 2.42 bits per heavy atom. The number of carbonyl (C=O) groups is 1. The fourth-order valence-corrected chi connectivity index (χ4v) is 2.20. The van der Waals surface area contributed by atoms with E-state index in [1.807, 2.05) is 13.0 Å². The number of nitrogens with two attached hydrogens (primary N) is 1. The molecule has 5 heteroatoms. The summed E-state index contributed by atoms with van der Waals surface area (Å²) in [7, 11) is 0. The Kier molecular flexibility index (Phi) is 4.37. The Morgan fingerprint density at radius 3 is 3.05 bits per heavy atom. The van der Waals surface area contributed by atoms with Crippen molar-refractivity contribution in [1.82, 2.24) is 5.32 Å². The highest BCUT2D eigenvalue weighted by Crippen LogP contribution is 2.23. The van der Waals surface area contributed by atoms with Crippen molar-refractivity contribution in [1.29, 1.82) is 0 Å². The van der Waals surface area contributed by atoms with Crippen molar-refractivity contribution in [2.24, 2.45) is 5.73 Å². The van der Waals surface area contributed by atoms with Crippen molar-refractivity contribution in [3.05, 3.63) is 35.6 Å². The Balaban J connectivity index is 2.02. The molecule has 0 radical (unpaired) electrons. The number of hydrogen-bond donors (Lipinski definition) is 2.